The molecule has 1 amide bonds. The molecule has 0 spiro atoms. The highest BCUT2D eigenvalue weighted by atomic mass is 16.6. The highest BCUT2D eigenvalue weighted by Gasteiger charge is 2.43. The van der Waals surface area contributed by atoms with E-state index < -0.39 is 0 Å². The van der Waals surface area contributed by atoms with Crippen LogP contribution in [0.3, 0.4) is 0 Å². The number of rotatable bonds is 9. The molecule has 2 heterocycles. The highest BCUT2D eigenvalue weighted by Crippen LogP contribution is 2.43. The van der Waals surface area contributed by atoms with Gasteiger partial charge in [0, 0.05) is 17.8 Å². The molecular weight excluding hydrogens is 414 g/mol. The lowest BCUT2D eigenvalue weighted by Gasteiger charge is -2.43. The van der Waals surface area contributed by atoms with Gasteiger partial charge >= 0.3 is 0 Å². The fourth-order valence-corrected chi connectivity index (χ4v) is 4.49. The molecule has 2 aliphatic rings. The summed E-state index contributed by atoms with van der Waals surface area (Å²) in [6.07, 6.45) is 6.77. The molecule has 0 radical (unpaired) electrons. The Morgan fingerprint density at radius 2 is 1.79 bits per heavy atom. The maximum Gasteiger partial charge on any atom is 0.257 e. The first-order chi connectivity index (χ1) is 16.2. The number of carbonyl (C=O) groups excluding carboxylic acids is 1. The Hall–Kier alpha value is -3.12. The van der Waals surface area contributed by atoms with Crippen molar-refractivity contribution in [2.75, 3.05) is 38.3 Å². The number of nitrogens with zero attached hydrogens (tertiary/aromatic N) is 3. The van der Waals surface area contributed by atoms with E-state index in [1.165, 1.54) is 32.4 Å². The van der Waals surface area contributed by atoms with Crippen LogP contribution in [0.15, 0.2) is 71.4 Å². The molecule has 4 rings (SSSR count). The number of hydrogen-bond donors (Lipinski definition) is 0. The second kappa shape index (κ2) is 11.1. The SMILES string of the molecule is COc1ccc(N2C(=O)/C(=C/C(C)=N/OCCCN3CCCCC3)C2c2ccccc2)cc1. The van der Waals surface area contributed by atoms with Gasteiger partial charge in [-0.2, -0.15) is 0 Å². The summed E-state index contributed by atoms with van der Waals surface area (Å²) in [7, 11) is 1.63. The molecule has 0 aliphatic carbocycles. The lowest BCUT2D eigenvalue weighted by atomic mass is 9.86. The Morgan fingerprint density at radius 1 is 1.06 bits per heavy atom. The molecule has 2 saturated heterocycles. The standard InChI is InChI=1S/C27H33N3O3/c1-21(28-33-19-9-18-29-16-7-4-8-17-29)20-25-26(22-10-5-3-6-11-22)30(27(25)31)23-12-14-24(32-2)15-13-23/h3,5-6,10-15,20,26H,4,7-9,16-19H2,1-2H3/b25-20+,28-21+. The first kappa shape index (κ1) is 23.1. The van der Waals surface area contributed by atoms with Crippen molar-refractivity contribution >= 4 is 17.3 Å². The van der Waals surface area contributed by atoms with E-state index >= 15 is 0 Å². The van der Waals surface area contributed by atoms with Crippen LogP contribution in [0.1, 0.15) is 44.2 Å². The molecule has 1 unspecified atom stereocenters. The molecule has 0 aromatic heterocycles. The normalized spacial score (nSPS) is 20.6. The summed E-state index contributed by atoms with van der Waals surface area (Å²) in [6, 6.07) is 17.5. The summed E-state index contributed by atoms with van der Waals surface area (Å²) >= 11 is 0. The van der Waals surface area contributed by atoms with Gasteiger partial charge in [0.2, 0.25) is 0 Å². The van der Waals surface area contributed by atoms with Crippen molar-refractivity contribution < 1.29 is 14.4 Å². The number of likely N-dealkylation sites (tertiary alicyclic amines) is 1. The molecule has 1 atom stereocenters. The van der Waals surface area contributed by atoms with Crippen molar-refractivity contribution in [1.29, 1.82) is 0 Å². The van der Waals surface area contributed by atoms with Gasteiger partial charge in [-0.1, -0.05) is 41.9 Å². The summed E-state index contributed by atoms with van der Waals surface area (Å²) in [5.41, 5.74) is 3.33. The smallest absolute Gasteiger partial charge is 0.257 e. The largest absolute Gasteiger partial charge is 0.497 e. The Balaban J connectivity index is 1.42. The molecule has 0 bridgehead atoms. The molecular formula is C27H33N3O3. The Bertz CT molecular complexity index is 979. The number of benzene rings is 2. The minimum atomic E-state index is -0.156. The van der Waals surface area contributed by atoms with E-state index in [1.54, 1.807) is 7.11 Å². The van der Waals surface area contributed by atoms with Gasteiger partial charge in [0.1, 0.15) is 12.4 Å². The van der Waals surface area contributed by atoms with Crippen LogP contribution < -0.4 is 9.64 Å². The number of ether oxygens (including phenoxy) is 1. The third-order valence-electron chi connectivity index (χ3n) is 6.22. The molecule has 2 aliphatic heterocycles. The lowest BCUT2D eigenvalue weighted by Crippen LogP contribution is -2.49. The number of β-lactam (4-membered cyclic amide) rings is 1. The lowest BCUT2D eigenvalue weighted by molar-refractivity contribution is -0.119. The fraction of sp³-hybridized carbons (Fsp3) is 0.407. The summed E-state index contributed by atoms with van der Waals surface area (Å²) in [6.45, 7) is 5.92. The maximum atomic E-state index is 13.1. The molecule has 2 aromatic rings. The van der Waals surface area contributed by atoms with E-state index in [9.17, 15) is 4.79 Å². The number of allylic oxidation sites excluding steroid dienone is 1. The van der Waals surface area contributed by atoms with Crippen molar-refractivity contribution in [3.63, 3.8) is 0 Å². The van der Waals surface area contributed by atoms with Gasteiger partial charge in [-0.3, -0.25) is 9.69 Å². The zero-order chi connectivity index (χ0) is 23.0. The van der Waals surface area contributed by atoms with E-state index in [0.717, 1.165) is 35.5 Å². The summed E-state index contributed by atoms with van der Waals surface area (Å²) < 4.78 is 5.25. The minimum absolute atomic E-state index is 0.0198. The molecule has 33 heavy (non-hydrogen) atoms. The van der Waals surface area contributed by atoms with Gasteiger partial charge in [-0.25, -0.2) is 0 Å². The van der Waals surface area contributed by atoms with E-state index in [0.29, 0.717) is 12.3 Å². The van der Waals surface area contributed by atoms with Crippen molar-refractivity contribution in [2.45, 2.75) is 38.6 Å². The number of amides is 1. The zero-order valence-corrected chi connectivity index (χ0v) is 19.6. The topological polar surface area (TPSA) is 54.4 Å². The monoisotopic (exact) mass is 447 g/mol. The van der Waals surface area contributed by atoms with Crippen molar-refractivity contribution in [3.8, 4) is 5.75 Å². The molecule has 2 aromatic carbocycles. The second-order valence-electron chi connectivity index (χ2n) is 8.61. The maximum absolute atomic E-state index is 13.1. The third kappa shape index (κ3) is 5.63. The van der Waals surface area contributed by atoms with Crippen LogP contribution in [-0.4, -0.2) is 49.9 Å². The van der Waals surface area contributed by atoms with Crippen LogP contribution in [-0.2, 0) is 9.63 Å². The van der Waals surface area contributed by atoms with Gasteiger partial charge in [0.05, 0.1) is 18.9 Å². The Morgan fingerprint density at radius 3 is 2.48 bits per heavy atom. The van der Waals surface area contributed by atoms with E-state index in [4.69, 9.17) is 9.57 Å². The first-order valence-electron chi connectivity index (χ1n) is 11.8. The highest BCUT2D eigenvalue weighted by molar-refractivity contribution is 6.18. The molecule has 0 N–H and O–H groups in total. The fourth-order valence-electron chi connectivity index (χ4n) is 4.49. The van der Waals surface area contributed by atoms with E-state index in [1.807, 2.05) is 72.5 Å². The molecule has 0 saturated carbocycles. The zero-order valence-electron chi connectivity index (χ0n) is 19.6. The minimum Gasteiger partial charge on any atom is -0.497 e. The van der Waals surface area contributed by atoms with Crippen molar-refractivity contribution in [1.82, 2.24) is 4.90 Å². The summed E-state index contributed by atoms with van der Waals surface area (Å²) in [4.78, 5) is 23.0. The average molecular weight is 448 g/mol. The number of piperidine rings is 1. The molecule has 6 heteroatoms. The van der Waals surface area contributed by atoms with Crippen molar-refractivity contribution in [2.24, 2.45) is 5.16 Å². The Labute approximate surface area is 196 Å². The summed E-state index contributed by atoms with van der Waals surface area (Å²) in [5, 5.41) is 4.25. The van der Waals surface area contributed by atoms with Crippen LogP contribution in [0, 0.1) is 0 Å². The third-order valence-corrected chi connectivity index (χ3v) is 6.22. The van der Waals surface area contributed by atoms with E-state index in [2.05, 4.69) is 10.1 Å². The summed E-state index contributed by atoms with van der Waals surface area (Å²) in [5.74, 6) is 0.743. The average Bonchev–Trinajstić information content (AvgIpc) is 2.86. The van der Waals surface area contributed by atoms with Gasteiger partial charge in [0.15, 0.2) is 0 Å². The molecule has 2 fully saturated rings. The number of anilines is 1. The number of hydrogen-bond acceptors (Lipinski definition) is 5. The van der Waals surface area contributed by atoms with Gasteiger partial charge < -0.3 is 14.5 Å². The molecule has 174 valence electrons. The second-order valence-corrected chi connectivity index (χ2v) is 8.61. The molecule has 6 nitrogen and oxygen atoms in total. The number of carbonyl (C=O) groups is 1. The van der Waals surface area contributed by atoms with Crippen LogP contribution in [0.4, 0.5) is 5.69 Å². The van der Waals surface area contributed by atoms with Crippen LogP contribution in [0.25, 0.3) is 0 Å². The quantitative estimate of drug-likeness (QED) is 0.179. The van der Waals surface area contributed by atoms with Crippen LogP contribution >= 0.6 is 0 Å². The van der Waals surface area contributed by atoms with Gasteiger partial charge in [-0.15, -0.1) is 0 Å². The predicted molar refractivity (Wildman–Crippen MR) is 132 cm³/mol. The number of methoxy groups -OCH3 is 1. The Kier molecular flexibility index (Phi) is 7.79. The van der Waals surface area contributed by atoms with Gasteiger partial charge in [-0.05, 0) is 75.2 Å². The van der Waals surface area contributed by atoms with Crippen LogP contribution in [0.2, 0.25) is 0 Å². The van der Waals surface area contributed by atoms with Crippen molar-refractivity contribution in [3.05, 3.63) is 71.8 Å². The first-order valence-corrected chi connectivity index (χ1v) is 11.8. The van der Waals surface area contributed by atoms with E-state index in [-0.39, 0.29) is 11.9 Å². The number of oxime groups is 1. The van der Waals surface area contributed by atoms with Crippen LogP contribution in [0.5, 0.6) is 5.75 Å². The predicted octanol–water partition coefficient (Wildman–Crippen LogP) is 4.98. The van der Waals surface area contributed by atoms with Gasteiger partial charge in [0.25, 0.3) is 5.91 Å².